The highest BCUT2D eigenvalue weighted by Gasteiger charge is 2.15. The van der Waals surface area contributed by atoms with E-state index >= 15 is 0 Å². The summed E-state index contributed by atoms with van der Waals surface area (Å²) >= 11 is 16.1. The molecule has 0 spiro atoms. The molecule has 2 nitrogen and oxygen atoms in total. The van der Waals surface area contributed by atoms with Gasteiger partial charge in [0.15, 0.2) is 0 Å². The van der Waals surface area contributed by atoms with Gasteiger partial charge in [0, 0.05) is 16.1 Å². The lowest BCUT2D eigenvalue weighted by atomic mass is 10.1. The lowest BCUT2D eigenvalue weighted by Crippen LogP contribution is -1.90. The topological polar surface area (TPSA) is 25.8 Å². The Balaban J connectivity index is 2.37. The largest absolute Gasteiger partial charge is 0.256 e. The van der Waals surface area contributed by atoms with Gasteiger partial charge < -0.3 is 0 Å². The van der Waals surface area contributed by atoms with Crippen LogP contribution in [0.15, 0.2) is 47.1 Å². The molecule has 1 aromatic carbocycles. The summed E-state index contributed by atoms with van der Waals surface area (Å²) in [6.07, 6.45) is 1.70. The Morgan fingerprint density at radius 2 is 1.89 bits per heavy atom. The van der Waals surface area contributed by atoms with Crippen LogP contribution in [0.5, 0.6) is 0 Å². The van der Waals surface area contributed by atoms with Crippen LogP contribution in [-0.2, 0) is 0 Å². The van der Waals surface area contributed by atoms with Gasteiger partial charge in [0.25, 0.3) is 0 Å². The molecule has 0 saturated heterocycles. The number of fused-ring (bicyclic) bond motifs is 1. The Hall–Kier alpha value is -1.16. The third-order valence-corrected chi connectivity index (χ3v) is 3.92. The standard InChI is InChI=1S/C14H7BrCl2N2/c15-8-4-5-10-9(7-8)13(16)12(14(17)19-10)11-3-1-2-6-18-11/h1-7H. The Morgan fingerprint density at radius 1 is 1.05 bits per heavy atom. The molecule has 3 rings (SSSR count). The first-order chi connectivity index (χ1) is 9.16. The molecule has 0 fully saturated rings. The van der Waals surface area contributed by atoms with Crippen molar-refractivity contribution in [1.29, 1.82) is 0 Å². The first-order valence-electron chi connectivity index (χ1n) is 5.52. The number of rotatable bonds is 1. The molecular weight excluding hydrogens is 347 g/mol. The van der Waals surface area contributed by atoms with Crippen LogP contribution in [-0.4, -0.2) is 9.97 Å². The SMILES string of the molecule is Clc1nc2ccc(Br)cc2c(Cl)c1-c1ccccn1. The molecule has 0 aliphatic carbocycles. The predicted octanol–water partition coefficient (Wildman–Crippen LogP) is 5.37. The van der Waals surface area contributed by atoms with Crippen molar-refractivity contribution >= 4 is 50.0 Å². The van der Waals surface area contributed by atoms with Gasteiger partial charge in [-0.15, -0.1) is 0 Å². The molecule has 19 heavy (non-hydrogen) atoms. The van der Waals surface area contributed by atoms with Crippen molar-refractivity contribution in [2.45, 2.75) is 0 Å². The monoisotopic (exact) mass is 352 g/mol. The van der Waals surface area contributed by atoms with E-state index in [0.717, 1.165) is 15.4 Å². The summed E-state index contributed by atoms with van der Waals surface area (Å²) in [6.45, 7) is 0. The lowest BCUT2D eigenvalue weighted by Gasteiger charge is -2.09. The molecule has 5 heteroatoms. The van der Waals surface area contributed by atoms with Gasteiger partial charge >= 0.3 is 0 Å². The molecule has 0 saturated carbocycles. The second-order valence-electron chi connectivity index (χ2n) is 3.97. The number of pyridine rings is 2. The van der Waals surface area contributed by atoms with Gasteiger partial charge in [-0.1, -0.05) is 45.2 Å². The van der Waals surface area contributed by atoms with Crippen LogP contribution in [0, 0.1) is 0 Å². The van der Waals surface area contributed by atoms with E-state index in [1.807, 2.05) is 36.4 Å². The predicted molar refractivity (Wildman–Crippen MR) is 82.7 cm³/mol. The van der Waals surface area contributed by atoms with Crippen molar-refractivity contribution in [3.05, 3.63) is 57.2 Å². The number of aromatic nitrogens is 2. The maximum atomic E-state index is 6.47. The van der Waals surface area contributed by atoms with Crippen molar-refractivity contribution < 1.29 is 0 Å². The molecule has 3 aromatic rings. The van der Waals surface area contributed by atoms with Crippen LogP contribution in [0.1, 0.15) is 0 Å². The Morgan fingerprint density at radius 3 is 2.63 bits per heavy atom. The molecule has 2 heterocycles. The molecule has 0 bridgehead atoms. The van der Waals surface area contributed by atoms with Crippen LogP contribution in [0.3, 0.4) is 0 Å². The fourth-order valence-corrected chi connectivity index (χ4v) is 2.93. The number of benzene rings is 1. The average molecular weight is 354 g/mol. The fraction of sp³-hybridized carbons (Fsp3) is 0. The van der Waals surface area contributed by atoms with E-state index in [4.69, 9.17) is 23.2 Å². The van der Waals surface area contributed by atoms with Crippen LogP contribution in [0.2, 0.25) is 10.2 Å². The van der Waals surface area contributed by atoms with Crippen molar-refractivity contribution in [1.82, 2.24) is 9.97 Å². The molecule has 0 unspecified atom stereocenters. The summed E-state index contributed by atoms with van der Waals surface area (Å²) in [5, 5.41) is 1.77. The van der Waals surface area contributed by atoms with Crippen LogP contribution in [0.4, 0.5) is 0 Å². The van der Waals surface area contributed by atoms with Crippen molar-refractivity contribution in [3.63, 3.8) is 0 Å². The Labute approximate surface area is 128 Å². The van der Waals surface area contributed by atoms with Gasteiger partial charge in [-0.05, 0) is 30.3 Å². The van der Waals surface area contributed by atoms with E-state index in [9.17, 15) is 0 Å². The summed E-state index contributed by atoms with van der Waals surface area (Å²) < 4.78 is 0.943. The molecule has 0 radical (unpaired) electrons. The molecule has 0 amide bonds. The minimum absolute atomic E-state index is 0.360. The Kier molecular flexibility index (Phi) is 3.44. The van der Waals surface area contributed by atoms with E-state index in [0.29, 0.717) is 21.4 Å². The number of hydrogen-bond donors (Lipinski definition) is 0. The van der Waals surface area contributed by atoms with Crippen molar-refractivity contribution in [3.8, 4) is 11.3 Å². The van der Waals surface area contributed by atoms with Gasteiger partial charge in [-0.25, -0.2) is 4.98 Å². The maximum absolute atomic E-state index is 6.47. The van der Waals surface area contributed by atoms with Gasteiger partial charge in [0.05, 0.1) is 21.8 Å². The summed E-state index contributed by atoms with van der Waals surface area (Å²) in [5.41, 5.74) is 2.14. The minimum atomic E-state index is 0.360. The van der Waals surface area contributed by atoms with Crippen molar-refractivity contribution in [2.24, 2.45) is 0 Å². The quantitative estimate of drug-likeness (QED) is 0.550. The third-order valence-electron chi connectivity index (χ3n) is 2.76. The zero-order chi connectivity index (χ0) is 13.4. The fourth-order valence-electron chi connectivity index (χ4n) is 1.90. The van der Waals surface area contributed by atoms with Crippen LogP contribution >= 0.6 is 39.1 Å². The van der Waals surface area contributed by atoms with E-state index in [1.165, 1.54) is 0 Å². The van der Waals surface area contributed by atoms with Gasteiger partial charge in [-0.2, -0.15) is 0 Å². The second kappa shape index (κ2) is 5.08. The van der Waals surface area contributed by atoms with E-state index < -0.39 is 0 Å². The van der Waals surface area contributed by atoms with Gasteiger partial charge in [-0.3, -0.25) is 4.98 Å². The normalized spacial score (nSPS) is 10.9. The first-order valence-corrected chi connectivity index (χ1v) is 7.07. The Bertz CT molecular complexity index is 760. The summed E-state index contributed by atoms with van der Waals surface area (Å²) in [4.78, 5) is 8.65. The lowest BCUT2D eigenvalue weighted by molar-refractivity contribution is 1.31. The zero-order valence-electron chi connectivity index (χ0n) is 9.57. The molecule has 0 aliphatic heterocycles. The zero-order valence-corrected chi connectivity index (χ0v) is 12.7. The average Bonchev–Trinajstić information content (AvgIpc) is 2.41. The van der Waals surface area contributed by atoms with Crippen molar-refractivity contribution in [2.75, 3.05) is 0 Å². The minimum Gasteiger partial charge on any atom is -0.256 e. The second-order valence-corrected chi connectivity index (χ2v) is 5.62. The molecule has 0 N–H and O–H groups in total. The molecule has 94 valence electrons. The van der Waals surface area contributed by atoms with Gasteiger partial charge in [0.2, 0.25) is 0 Å². The smallest absolute Gasteiger partial charge is 0.140 e. The highest BCUT2D eigenvalue weighted by Crippen LogP contribution is 2.38. The van der Waals surface area contributed by atoms with Crippen LogP contribution in [0.25, 0.3) is 22.2 Å². The highest BCUT2D eigenvalue weighted by atomic mass is 79.9. The summed E-state index contributed by atoms with van der Waals surface area (Å²) in [6, 6.07) is 11.3. The number of hydrogen-bond acceptors (Lipinski definition) is 2. The molecule has 0 atom stereocenters. The van der Waals surface area contributed by atoms with E-state index in [-0.39, 0.29) is 0 Å². The summed E-state index contributed by atoms with van der Waals surface area (Å²) in [5.74, 6) is 0. The van der Waals surface area contributed by atoms with Gasteiger partial charge in [0.1, 0.15) is 5.15 Å². The number of nitrogens with zero attached hydrogens (tertiary/aromatic N) is 2. The highest BCUT2D eigenvalue weighted by molar-refractivity contribution is 9.10. The third kappa shape index (κ3) is 2.34. The summed E-state index contributed by atoms with van der Waals surface area (Å²) in [7, 11) is 0. The van der Waals surface area contributed by atoms with E-state index in [1.54, 1.807) is 6.20 Å². The molecule has 0 aliphatic rings. The maximum Gasteiger partial charge on any atom is 0.140 e. The first kappa shape index (κ1) is 12.9. The van der Waals surface area contributed by atoms with E-state index in [2.05, 4.69) is 25.9 Å². The molecular formula is C14H7BrCl2N2. The van der Waals surface area contributed by atoms with Crippen LogP contribution < -0.4 is 0 Å². The molecule has 2 aromatic heterocycles. The number of halogens is 3.